The lowest BCUT2D eigenvalue weighted by Crippen LogP contribution is -1.93. The Morgan fingerprint density at radius 2 is 2.00 bits per heavy atom. The van der Waals surface area contributed by atoms with E-state index in [1.54, 1.807) is 0 Å². The molecular formula is C17H14BrClO. The number of benzene rings is 2. The monoisotopic (exact) mass is 348 g/mol. The minimum absolute atomic E-state index is 0.147. The van der Waals surface area contributed by atoms with Gasteiger partial charge in [0.1, 0.15) is 11.3 Å². The van der Waals surface area contributed by atoms with Crippen LogP contribution < -0.4 is 0 Å². The van der Waals surface area contributed by atoms with Crippen molar-refractivity contribution in [2.45, 2.75) is 18.2 Å². The second-order valence-corrected chi connectivity index (χ2v) is 6.53. The smallest absolute Gasteiger partial charge is 0.134 e. The summed E-state index contributed by atoms with van der Waals surface area (Å²) in [6.07, 6.45) is 0.847. The van der Waals surface area contributed by atoms with Crippen LogP contribution in [0.5, 0.6) is 0 Å². The maximum atomic E-state index is 6.02. The molecule has 1 atom stereocenters. The van der Waals surface area contributed by atoms with Gasteiger partial charge in [-0.05, 0) is 49.2 Å². The lowest BCUT2D eigenvalue weighted by molar-refractivity contribution is 0.545. The van der Waals surface area contributed by atoms with Gasteiger partial charge in [-0.2, -0.15) is 0 Å². The van der Waals surface area contributed by atoms with Crippen LogP contribution in [0.1, 0.15) is 21.7 Å². The van der Waals surface area contributed by atoms with Crippen molar-refractivity contribution < 1.29 is 4.42 Å². The maximum Gasteiger partial charge on any atom is 0.134 e. The Morgan fingerprint density at radius 1 is 1.15 bits per heavy atom. The largest absolute Gasteiger partial charge is 0.460 e. The standard InChI is InChI=1S/C17H14BrClO/c1-11-5-6-16-13(7-11)10-17(20-16)15(18)9-12-3-2-4-14(19)8-12/h2-8,10,15H,9H2,1H3. The zero-order valence-electron chi connectivity index (χ0n) is 11.1. The van der Waals surface area contributed by atoms with Gasteiger partial charge in [0, 0.05) is 10.4 Å². The Balaban J connectivity index is 1.86. The number of halogens is 2. The molecule has 0 aliphatic heterocycles. The molecule has 1 heterocycles. The Hall–Kier alpha value is -1.25. The number of furan rings is 1. The molecule has 0 radical (unpaired) electrons. The van der Waals surface area contributed by atoms with Crippen molar-refractivity contribution in [2.24, 2.45) is 0 Å². The quantitative estimate of drug-likeness (QED) is 0.523. The topological polar surface area (TPSA) is 13.1 Å². The van der Waals surface area contributed by atoms with Crippen molar-refractivity contribution in [1.82, 2.24) is 0 Å². The molecule has 1 aromatic heterocycles. The van der Waals surface area contributed by atoms with Crippen LogP contribution in [0.15, 0.2) is 52.9 Å². The number of hydrogen-bond acceptors (Lipinski definition) is 1. The van der Waals surface area contributed by atoms with Crippen molar-refractivity contribution in [1.29, 1.82) is 0 Å². The van der Waals surface area contributed by atoms with Crippen LogP contribution in [0, 0.1) is 6.92 Å². The van der Waals surface area contributed by atoms with E-state index >= 15 is 0 Å². The highest BCUT2D eigenvalue weighted by Gasteiger charge is 2.14. The molecule has 2 aromatic carbocycles. The van der Waals surface area contributed by atoms with Crippen molar-refractivity contribution in [3.63, 3.8) is 0 Å². The van der Waals surface area contributed by atoms with E-state index in [1.807, 2.05) is 24.3 Å². The Kier molecular flexibility index (Phi) is 3.86. The molecule has 3 aromatic rings. The minimum atomic E-state index is 0.147. The predicted octanol–water partition coefficient (Wildman–Crippen LogP) is 6.07. The van der Waals surface area contributed by atoms with E-state index in [9.17, 15) is 0 Å². The number of hydrogen-bond donors (Lipinski definition) is 0. The summed E-state index contributed by atoms with van der Waals surface area (Å²) in [6.45, 7) is 2.09. The van der Waals surface area contributed by atoms with E-state index < -0.39 is 0 Å². The third-order valence-corrected chi connectivity index (χ3v) is 4.31. The van der Waals surface area contributed by atoms with Crippen LogP contribution >= 0.6 is 27.5 Å². The van der Waals surface area contributed by atoms with Gasteiger partial charge in [-0.15, -0.1) is 0 Å². The summed E-state index contributed by atoms with van der Waals surface area (Å²) in [5.74, 6) is 0.950. The van der Waals surface area contributed by atoms with Gasteiger partial charge in [0.15, 0.2) is 0 Å². The molecule has 3 rings (SSSR count). The lowest BCUT2D eigenvalue weighted by Gasteiger charge is -2.07. The first kappa shape index (κ1) is 13.7. The summed E-state index contributed by atoms with van der Waals surface area (Å²) >= 11 is 9.72. The van der Waals surface area contributed by atoms with Crippen molar-refractivity contribution in [2.75, 3.05) is 0 Å². The molecule has 0 aliphatic rings. The van der Waals surface area contributed by atoms with Crippen molar-refractivity contribution >= 4 is 38.5 Å². The van der Waals surface area contributed by atoms with Crippen molar-refractivity contribution in [3.05, 3.63) is 70.4 Å². The van der Waals surface area contributed by atoms with Crippen LogP contribution in [-0.4, -0.2) is 0 Å². The first-order valence-corrected chi connectivity index (χ1v) is 7.80. The fraction of sp³-hybridized carbons (Fsp3) is 0.176. The molecule has 0 amide bonds. The summed E-state index contributed by atoms with van der Waals surface area (Å²) in [5, 5.41) is 1.91. The maximum absolute atomic E-state index is 6.02. The van der Waals surface area contributed by atoms with Gasteiger partial charge in [0.2, 0.25) is 0 Å². The molecule has 3 heteroatoms. The molecule has 0 aliphatic carbocycles. The van der Waals surface area contributed by atoms with E-state index in [0.717, 1.165) is 28.2 Å². The molecule has 1 unspecified atom stereocenters. The molecule has 0 fully saturated rings. The Labute approximate surface area is 131 Å². The van der Waals surface area contributed by atoms with Gasteiger partial charge in [-0.3, -0.25) is 0 Å². The van der Waals surface area contributed by atoms with Gasteiger partial charge in [0.05, 0.1) is 4.83 Å². The molecule has 0 spiro atoms. The Morgan fingerprint density at radius 3 is 2.80 bits per heavy atom. The third kappa shape index (κ3) is 2.92. The first-order chi connectivity index (χ1) is 9.61. The van der Waals surface area contributed by atoms with E-state index in [0.29, 0.717) is 0 Å². The van der Waals surface area contributed by atoms with Crippen LogP contribution in [0.2, 0.25) is 5.02 Å². The van der Waals surface area contributed by atoms with Crippen LogP contribution in [0.25, 0.3) is 11.0 Å². The van der Waals surface area contributed by atoms with Crippen LogP contribution in [0.4, 0.5) is 0 Å². The van der Waals surface area contributed by atoms with E-state index in [2.05, 4.69) is 47.1 Å². The van der Waals surface area contributed by atoms with E-state index in [-0.39, 0.29) is 4.83 Å². The van der Waals surface area contributed by atoms with Gasteiger partial charge in [0.25, 0.3) is 0 Å². The summed E-state index contributed by atoms with van der Waals surface area (Å²) in [6, 6.07) is 16.3. The van der Waals surface area contributed by atoms with E-state index in [1.165, 1.54) is 11.1 Å². The average Bonchev–Trinajstić information content (AvgIpc) is 2.81. The first-order valence-electron chi connectivity index (χ1n) is 6.50. The zero-order valence-corrected chi connectivity index (χ0v) is 13.4. The van der Waals surface area contributed by atoms with Gasteiger partial charge in [-0.1, -0.05) is 51.3 Å². The fourth-order valence-electron chi connectivity index (χ4n) is 2.31. The fourth-order valence-corrected chi connectivity index (χ4v) is 3.12. The number of alkyl halides is 1. The van der Waals surface area contributed by atoms with Gasteiger partial charge < -0.3 is 4.42 Å². The number of fused-ring (bicyclic) bond motifs is 1. The minimum Gasteiger partial charge on any atom is -0.460 e. The normalized spacial score (nSPS) is 12.8. The third-order valence-electron chi connectivity index (χ3n) is 3.30. The summed E-state index contributed by atoms with van der Waals surface area (Å²) in [5.41, 5.74) is 3.36. The van der Waals surface area contributed by atoms with Gasteiger partial charge >= 0.3 is 0 Å². The zero-order chi connectivity index (χ0) is 14.1. The highest BCUT2D eigenvalue weighted by atomic mass is 79.9. The number of rotatable bonds is 3. The molecule has 102 valence electrons. The summed E-state index contributed by atoms with van der Waals surface area (Å²) in [7, 11) is 0. The molecular weight excluding hydrogens is 336 g/mol. The number of aryl methyl sites for hydroxylation is 1. The van der Waals surface area contributed by atoms with Crippen LogP contribution in [-0.2, 0) is 6.42 Å². The second kappa shape index (κ2) is 5.63. The predicted molar refractivity (Wildman–Crippen MR) is 87.8 cm³/mol. The van der Waals surface area contributed by atoms with E-state index in [4.69, 9.17) is 16.0 Å². The highest BCUT2D eigenvalue weighted by molar-refractivity contribution is 9.09. The van der Waals surface area contributed by atoms with Crippen LogP contribution in [0.3, 0.4) is 0 Å². The molecule has 1 nitrogen and oxygen atoms in total. The highest BCUT2D eigenvalue weighted by Crippen LogP contribution is 2.32. The molecule has 0 N–H and O–H groups in total. The average molecular weight is 350 g/mol. The Bertz CT molecular complexity index is 748. The van der Waals surface area contributed by atoms with Crippen molar-refractivity contribution in [3.8, 4) is 0 Å². The molecule has 0 bridgehead atoms. The lowest BCUT2D eigenvalue weighted by atomic mass is 10.1. The summed E-state index contributed by atoms with van der Waals surface area (Å²) < 4.78 is 5.91. The second-order valence-electron chi connectivity index (χ2n) is 4.99. The molecule has 20 heavy (non-hydrogen) atoms. The summed E-state index contributed by atoms with van der Waals surface area (Å²) in [4.78, 5) is 0.147. The van der Waals surface area contributed by atoms with Gasteiger partial charge in [-0.25, -0.2) is 0 Å². The SMILES string of the molecule is Cc1ccc2oc(C(Br)Cc3cccc(Cl)c3)cc2c1. The molecule has 0 saturated carbocycles. The molecule has 0 saturated heterocycles.